The van der Waals surface area contributed by atoms with Crippen LogP contribution in [0.2, 0.25) is 5.02 Å². The number of ether oxygens (including phenoxy) is 1. The third-order valence-corrected chi connectivity index (χ3v) is 5.04. The number of fused-ring (bicyclic) bond motifs is 3. The number of hydrogen-bond acceptors (Lipinski definition) is 3. The van der Waals surface area contributed by atoms with Crippen molar-refractivity contribution in [2.75, 3.05) is 13.2 Å². The topological polar surface area (TPSA) is 71.2 Å². The second-order valence-corrected chi connectivity index (χ2v) is 6.95. The van der Waals surface area contributed by atoms with Gasteiger partial charge < -0.3 is 15.0 Å². The van der Waals surface area contributed by atoms with Crippen LogP contribution < -0.4 is 10.9 Å². The molecule has 1 aliphatic rings. The maximum Gasteiger partial charge on any atom is 0.407 e. The van der Waals surface area contributed by atoms with Gasteiger partial charge in [-0.15, -0.1) is 0 Å². The molecule has 1 amide bonds. The molecule has 0 unspecified atom stereocenters. The van der Waals surface area contributed by atoms with Gasteiger partial charge in [-0.1, -0.05) is 72.0 Å². The Kier molecular flexibility index (Phi) is 5.37. The van der Waals surface area contributed by atoms with Crippen LogP contribution in [0.3, 0.4) is 0 Å². The summed E-state index contributed by atoms with van der Waals surface area (Å²) in [4.78, 5) is 25.8. The molecule has 0 aliphatic heterocycles. The number of carbonyl (C=O) groups excluding carboxylic acids is 1. The Balaban J connectivity index is 1.35. The van der Waals surface area contributed by atoms with Crippen molar-refractivity contribution >= 4 is 17.7 Å². The molecule has 1 heterocycles. The molecule has 0 saturated heterocycles. The highest BCUT2D eigenvalue weighted by Gasteiger charge is 2.28. The van der Waals surface area contributed by atoms with E-state index in [4.69, 9.17) is 16.3 Å². The van der Waals surface area contributed by atoms with Crippen molar-refractivity contribution in [2.24, 2.45) is 0 Å². The van der Waals surface area contributed by atoms with E-state index in [1.165, 1.54) is 23.4 Å². The lowest BCUT2D eigenvalue weighted by Gasteiger charge is -2.14. The van der Waals surface area contributed by atoms with Gasteiger partial charge in [0.2, 0.25) is 0 Å². The lowest BCUT2D eigenvalue weighted by molar-refractivity contribution is 0.144. The molecule has 0 fully saturated rings. The van der Waals surface area contributed by atoms with E-state index >= 15 is 0 Å². The molecular weight excluding hydrogens is 388 g/mol. The number of benzene rings is 2. The SMILES string of the molecule is O=C(NCC#Cc1c[nH]c(=O)c(Cl)c1)OCC1c2ccccc2-c2ccccc21. The fourth-order valence-corrected chi connectivity index (χ4v) is 3.61. The molecule has 1 aliphatic carbocycles. The van der Waals surface area contributed by atoms with Gasteiger partial charge in [-0.25, -0.2) is 4.79 Å². The van der Waals surface area contributed by atoms with Gasteiger partial charge in [0, 0.05) is 17.7 Å². The van der Waals surface area contributed by atoms with Gasteiger partial charge in [0.05, 0.1) is 6.54 Å². The number of carbonyl (C=O) groups is 1. The lowest BCUT2D eigenvalue weighted by atomic mass is 9.98. The Labute approximate surface area is 172 Å². The van der Waals surface area contributed by atoms with Crippen LogP contribution in [0.25, 0.3) is 11.1 Å². The van der Waals surface area contributed by atoms with Gasteiger partial charge in [-0.3, -0.25) is 4.79 Å². The number of aromatic nitrogens is 1. The first kappa shape index (κ1) is 18.9. The molecular formula is C23H17ClN2O3. The summed E-state index contributed by atoms with van der Waals surface area (Å²) >= 11 is 5.75. The molecule has 144 valence electrons. The van der Waals surface area contributed by atoms with Gasteiger partial charge in [0.15, 0.2) is 0 Å². The summed E-state index contributed by atoms with van der Waals surface area (Å²) in [5.74, 6) is 5.63. The van der Waals surface area contributed by atoms with Crippen LogP contribution in [-0.4, -0.2) is 24.2 Å². The normalized spacial score (nSPS) is 11.8. The molecule has 0 radical (unpaired) electrons. The molecule has 3 aromatic rings. The van der Waals surface area contributed by atoms with Crippen molar-refractivity contribution in [3.8, 4) is 23.0 Å². The molecule has 1 aromatic heterocycles. The van der Waals surface area contributed by atoms with Crippen molar-refractivity contribution in [3.63, 3.8) is 0 Å². The van der Waals surface area contributed by atoms with E-state index in [1.54, 1.807) is 0 Å². The van der Waals surface area contributed by atoms with Crippen molar-refractivity contribution < 1.29 is 9.53 Å². The zero-order valence-electron chi connectivity index (χ0n) is 15.4. The minimum Gasteiger partial charge on any atom is -0.449 e. The average Bonchev–Trinajstić information content (AvgIpc) is 3.06. The fraction of sp³-hybridized carbons (Fsp3) is 0.130. The summed E-state index contributed by atoms with van der Waals surface area (Å²) in [6, 6.07) is 17.8. The maximum absolute atomic E-state index is 12.1. The van der Waals surface area contributed by atoms with Crippen molar-refractivity contribution in [3.05, 3.63) is 92.9 Å². The molecule has 0 atom stereocenters. The number of amides is 1. The molecule has 0 bridgehead atoms. The lowest BCUT2D eigenvalue weighted by Crippen LogP contribution is -2.26. The summed E-state index contributed by atoms with van der Waals surface area (Å²) in [5.41, 5.74) is 4.88. The number of alkyl carbamates (subject to hydrolysis) is 1. The zero-order chi connectivity index (χ0) is 20.2. The first-order valence-electron chi connectivity index (χ1n) is 9.09. The Bertz CT molecular complexity index is 1140. The zero-order valence-corrected chi connectivity index (χ0v) is 16.1. The molecule has 4 rings (SSSR count). The predicted octanol–water partition coefficient (Wildman–Crippen LogP) is 3.92. The molecule has 6 heteroatoms. The highest BCUT2D eigenvalue weighted by molar-refractivity contribution is 6.30. The van der Waals surface area contributed by atoms with Crippen LogP contribution in [0, 0.1) is 11.8 Å². The van der Waals surface area contributed by atoms with Crippen molar-refractivity contribution in [1.29, 1.82) is 0 Å². The molecule has 5 nitrogen and oxygen atoms in total. The molecule has 29 heavy (non-hydrogen) atoms. The van der Waals surface area contributed by atoms with Gasteiger partial charge in [0.25, 0.3) is 5.56 Å². The van der Waals surface area contributed by atoms with Crippen LogP contribution >= 0.6 is 11.6 Å². The van der Waals surface area contributed by atoms with E-state index < -0.39 is 6.09 Å². The molecule has 0 saturated carbocycles. The van der Waals surface area contributed by atoms with E-state index in [0.717, 1.165) is 11.1 Å². The van der Waals surface area contributed by atoms with Crippen LogP contribution in [-0.2, 0) is 4.74 Å². The molecule has 0 spiro atoms. The Morgan fingerprint density at radius 2 is 1.76 bits per heavy atom. The minimum atomic E-state index is -0.527. The van der Waals surface area contributed by atoms with Crippen LogP contribution in [0.1, 0.15) is 22.6 Å². The minimum absolute atomic E-state index is 0.0162. The summed E-state index contributed by atoms with van der Waals surface area (Å²) in [7, 11) is 0. The standard InChI is InChI=1S/C23H17ClN2O3/c24-21-12-15(13-26-22(21)27)6-5-11-25-23(28)29-14-20-18-9-3-1-7-16(18)17-8-2-4-10-19(17)20/h1-4,7-10,12-13,20H,11,14H2,(H,25,28)(H,26,27). The number of pyridine rings is 1. The molecule has 2 aromatic carbocycles. The van der Waals surface area contributed by atoms with Gasteiger partial charge in [-0.2, -0.15) is 0 Å². The van der Waals surface area contributed by atoms with Crippen LogP contribution in [0.15, 0.2) is 65.6 Å². The monoisotopic (exact) mass is 404 g/mol. The average molecular weight is 405 g/mol. The number of rotatable bonds is 3. The highest BCUT2D eigenvalue weighted by atomic mass is 35.5. The molecule has 2 N–H and O–H groups in total. The summed E-state index contributed by atoms with van der Waals surface area (Å²) < 4.78 is 5.44. The maximum atomic E-state index is 12.1. The predicted molar refractivity (Wildman–Crippen MR) is 112 cm³/mol. The van der Waals surface area contributed by atoms with E-state index in [9.17, 15) is 9.59 Å². The summed E-state index contributed by atoms with van der Waals surface area (Å²) in [6.07, 6.45) is 0.940. The second-order valence-electron chi connectivity index (χ2n) is 6.55. The first-order valence-corrected chi connectivity index (χ1v) is 9.47. The van der Waals surface area contributed by atoms with Crippen molar-refractivity contribution in [1.82, 2.24) is 10.3 Å². The first-order chi connectivity index (χ1) is 14.1. The third kappa shape index (κ3) is 4.03. The largest absolute Gasteiger partial charge is 0.449 e. The number of halogens is 1. The van der Waals surface area contributed by atoms with E-state index in [1.807, 2.05) is 24.3 Å². The Morgan fingerprint density at radius 3 is 2.41 bits per heavy atom. The van der Waals surface area contributed by atoms with Crippen LogP contribution in [0.5, 0.6) is 0 Å². The highest BCUT2D eigenvalue weighted by Crippen LogP contribution is 2.44. The van der Waals surface area contributed by atoms with Crippen molar-refractivity contribution in [2.45, 2.75) is 5.92 Å². The van der Waals surface area contributed by atoms with Crippen LogP contribution in [0.4, 0.5) is 4.79 Å². The van der Waals surface area contributed by atoms with Gasteiger partial charge in [-0.05, 0) is 28.3 Å². The van der Waals surface area contributed by atoms with Gasteiger partial charge >= 0.3 is 6.09 Å². The second kappa shape index (κ2) is 8.26. The smallest absolute Gasteiger partial charge is 0.407 e. The summed E-state index contributed by atoms with van der Waals surface area (Å²) in [5, 5.41) is 2.68. The number of hydrogen-bond donors (Lipinski definition) is 2. The Morgan fingerprint density at radius 1 is 1.10 bits per heavy atom. The number of H-pyrrole nitrogens is 1. The quantitative estimate of drug-likeness (QED) is 0.650. The van der Waals surface area contributed by atoms with E-state index in [0.29, 0.717) is 5.56 Å². The number of aromatic amines is 1. The summed E-state index contributed by atoms with van der Waals surface area (Å²) in [6.45, 7) is 0.371. The van der Waals surface area contributed by atoms with E-state index in [2.05, 4.69) is 46.4 Å². The number of nitrogens with one attached hydrogen (secondary N) is 2. The fourth-order valence-electron chi connectivity index (χ4n) is 3.44. The third-order valence-electron chi connectivity index (χ3n) is 4.76. The van der Waals surface area contributed by atoms with Gasteiger partial charge in [0.1, 0.15) is 11.6 Å². The Hall–Kier alpha value is -3.49. The van der Waals surface area contributed by atoms with E-state index in [-0.39, 0.29) is 29.7 Å².